The molecule has 134 valence electrons. The SMILES string of the molecule is C[C@@H](C(=O)Nc1cccc(C(F)(F)F)c1)n1nnc2ccccc2c1=O. The first-order valence-corrected chi connectivity index (χ1v) is 7.60. The van der Waals surface area contributed by atoms with E-state index in [9.17, 15) is 22.8 Å². The molecule has 1 amide bonds. The van der Waals surface area contributed by atoms with E-state index in [0.29, 0.717) is 10.9 Å². The predicted molar refractivity (Wildman–Crippen MR) is 88.6 cm³/mol. The second kappa shape index (κ2) is 6.58. The van der Waals surface area contributed by atoms with Crippen molar-refractivity contribution in [1.29, 1.82) is 0 Å². The lowest BCUT2D eigenvalue weighted by atomic mass is 10.2. The maximum absolute atomic E-state index is 12.8. The maximum Gasteiger partial charge on any atom is 0.416 e. The van der Waals surface area contributed by atoms with Crippen molar-refractivity contribution in [2.75, 3.05) is 5.32 Å². The van der Waals surface area contributed by atoms with Gasteiger partial charge in [0.05, 0.1) is 10.9 Å². The van der Waals surface area contributed by atoms with Crippen molar-refractivity contribution in [3.63, 3.8) is 0 Å². The first-order chi connectivity index (χ1) is 12.3. The third-order valence-electron chi connectivity index (χ3n) is 3.80. The molecule has 1 aromatic heterocycles. The van der Waals surface area contributed by atoms with Crippen molar-refractivity contribution < 1.29 is 18.0 Å². The minimum Gasteiger partial charge on any atom is -0.324 e. The third-order valence-corrected chi connectivity index (χ3v) is 3.80. The van der Waals surface area contributed by atoms with Crippen LogP contribution in [0, 0.1) is 0 Å². The molecular weight excluding hydrogens is 349 g/mol. The zero-order chi connectivity index (χ0) is 18.9. The second-order valence-electron chi connectivity index (χ2n) is 5.60. The number of carbonyl (C=O) groups excluding carboxylic acids is 1. The molecule has 3 rings (SSSR count). The highest BCUT2D eigenvalue weighted by atomic mass is 19.4. The summed E-state index contributed by atoms with van der Waals surface area (Å²) in [5.74, 6) is -0.684. The van der Waals surface area contributed by atoms with Gasteiger partial charge in [0.25, 0.3) is 5.56 Å². The number of nitrogens with zero attached hydrogens (tertiary/aromatic N) is 3. The van der Waals surface area contributed by atoms with Crippen LogP contribution in [0.1, 0.15) is 18.5 Å². The van der Waals surface area contributed by atoms with Crippen molar-refractivity contribution in [1.82, 2.24) is 15.0 Å². The number of aromatic nitrogens is 3. The first-order valence-electron chi connectivity index (χ1n) is 7.60. The molecule has 1 heterocycles. The first kappa shape index (κ1) is 17.6. The fraction of sp³-hybridized carbons (Fsp3) is 0.176. The molecule has 1 N–H and O–H groups in total. The van der Waals surface area contributed by atoms with Gasteiger partial charge in [-0.3, -0.25) is 9.59 Å². The van der Waals surface area contributed by atoms with Crippen LogP contribution in [0.25, 0.3) is 10.9 Å². The molecule has 0 radical (unpaired) electrons. The number of nitrogens with one attached hydrogen (secondary N) is 1. The van der Waals surface area contributed by atoms with E-state index in [2.05, 4.69) is 15.6 Å². The van der Waals surface area contributed by atoms with Gasteiger partial charge in [-0.1, -0.05) is 23.4 Å². The molecule has 0 bridgehead atoms. The van der Waals surface area contributed by atoms with E-state index in [-0.39, 0.29) is 5.69 Å². The number of rotatable bonds is 3. The molecule has 0 saturated heterocycles. The van der Waals surface area contributed by atoms with Gasteiger partial charge in [-0.25, -0.2) is 0 Å². The summed E-state index contributed by atoms with van der Waals surface area (Å²) in [6.07, 6.45) is -4.52. The molecule has 0 saturated carbocycles. The normalized spacial score (nSPS) is 12.8. The van der Waals surface area contributed by atoms with Crippen LogP contribution >= 0.6 is 0 Å². The number of alkyl halides is 3. The van der Waals surface area contributed by atoms with Crippen molar-refractivity contribution >= 4 is 22.5 Å². The number of halogens is 3. The summed E-state index contributed by atoms with van der Waals surface area (Å²) in [6, 6.07) is 9.70. The van der Waals surface area contributed by atoms with Crippen LogP contribution in [-0.4, -0.2) is 20.9 Å². The largest absolute Gasteiger partial charge is 0.416 e. The van der Waals surface area contributed by atoms with E-state index in [1.165, 1.54) is 19.1 Å². The fourth-order valence-corrected chi connectivity index (χ4v) is 2.39. The van der Waals surface area contributed by atoms with Gasteiger partial charge in [0.2, 0.25) is 5.91 Å². The van der Waals surface area contributed by atoms with Gasteiger partial charge in [0.15, 0.2) is 0 Å². The molecule has 1 atom stereocenters. The van der Waals surface area contributed by atoms with Crippen LogP contribution in [-0.2, 0) is 11.0 Å². The fourth-order valence-electron chi connectivity index (χ4n) is 2.39. The van der Waals surface area contributed by atoms with Gasteiger partial charge >= 0.3 is 6.18 Å². The Labute approximate surface area is 145 Å². The third kappa shape index (κ3) is 3.41. The molecular formula is C17H13F3N4O2. The molecule has 3 aromatic rings. The van der Waals surface area contributed by atoms with Crippen LogP contribution in [0.5, 0.6) is 0 Å². The standard InChI is InChI=1S/C17H13F3N4O2/c1-10(24-16(26)13-7-2-3-8-14(13)22-23-24)15(25)21-12-6-4-5-11(9-12)17(18,19)20/h2-10H,1H3,(H,21,25)/t10-/m0/s1. The second-order valence-corrected chi connectivity index (χ2v) is 5.60. The van der Waals surface area contributed by atoms with E-state index >= 15 is 0 Å². The minimum atomic E-state index is -4.52. The minimum absolute atomic E-state index is 0.0292. The molecule has 0 unspecified atom stereocenters. The van der Waals surface area contributed by atoms with E-state index in [1.807, 2.05) is 0 Å². The summed E-state index contributed by atoms with van der Waals surface area (Å²) < 4.78 is 39.2. The number of hydrogen-bond acceptors (Lipinski definition) is 4. The maximum atomic E-state index is 12.8. The lowest BCUT2D eigenvalue weighted by Gasteiger charge is -2.14. The Hall–Kier alpha value is -3.23. The average molecular weight is 362 g/mol. The summed E-state index contributed by atoms with van der Waals surface area (Å²) >= 11 is 0. The topological polar surface area (TPSA) is 76.9 Å². The van der Waals surface area contributed by atoms with Crippen molar-refractivity contribution in [3.8, 4) is 0 Å². The van der Waals surface area contributed by atoms with Crippen LogP contribution in [0.3, 0.4) is 0 Å². The molecule has 6 nitrogen and oxygen atoms in total. The number of anilines is 1. The lowest BCUT2D eigenvalue weighted by molar-refractivity contribution is -0.137. The predicted octanol–water partition coefficient (Wildman–Crippen LogP) is 3.01. The zero-order valence-corrected chi connectivity index (χ0v) is 13.5. The van der Waals surface area contributed by atoms with Crippen LogP contribution < -0.4 is 10.9 Å². The van der Waals surface area contributed by atoms with E-state index in [4.69, 9.17) is 0 Å². The van der Waals surface area contributed by atoms with Crippen molar-refractivity contribution in [2.24, 2.45) is 0 Å². The zero-order valence-electron chi connectivity index (χ0n) is 13.5. The molecule has 2 aromatic carbocycles. The number of carbonyl (C=O) groups is 1. The Morgan fingerprint density at radius 2 is 1.88 bits per heavy atom. The highest BCUT2D eigenvalue weighted by Crippen LogP contribution is 2.30. The van der Waals surface area contributed by atoms with E-state index < -0.39 is 29.2 Å². The number of benzene rings is 2. The van der Waals surface area contributed by atoms with Crippen molar-refractivity contribution in [2.45, 2.75) is 19.1 Å². The molecule has 0 aliphatic heterocycles. The molecule has 0 aliphatic rings. The summed E-state index contributed by atoms with van der Waals surface area (Å²) in [7, 11) is 0. The molecule has 0 fully saturated rings. The monoisotopic (exact) mass is 362 g/mol. The summed E-state index contributed by atoms with van der Waals surface area (Å²) in [6.45, 7) is 1.41. The summed E-state index contributed by atoms with van der Waals surface area (Å²) in [5.41, 5.74) is -1.04. The van der Waals surface area contributed by atoms with E-state index in [0.717, 1.165) is 16.8 Å². The van der Waals surface area contributed by atoms with Crippen molar-refractivity contribution in [3.05, 3.63) is 64.4 Å². The molecule has 0 spiro atoms. The summed E-state index contributed by atoms with van der Waals surface area (Å²) in [4.78, 5) is 24.8. The Morgan fingerprint density at radius 3 is 2.62 bits per heavy atom. The van der Waals surface area contributed by atoms with Gasteiger partial charge in [-0.05, 0) is 37.3 Å². The summed E-state index contributed by atoms with van der Waals surface area (Å²) in [5, 5.41) is 10.3. The highest BCUT2D eigenvalue weighted by Gasteiger charge is 2.30. The molecule has 26 heavy (non-hydrogen) atoms. The smallest absolute Gasteiger partial charge is 0.324 e. The quantitative estimate of drug-likeness (QED) is 0.777. The van der Waals surface area contributed by atoms with Crippen LogP contribution in [0.15, 0.2) is 53.3 Å². The van der Waals surface area contributed by atoms with Gasteiger partial charge < -0.3 is 5.32 Å². The average Bonchev–Trinajstić information content (AvgIpc) is 2.61. The Kier molecular flexibility index (Phi) is 4.45. The molecule has 0 aliphatic carbocycles. The van der Waals surface area contributed by atoms with Crippen LogP contribution in [0.2, 0.25) is 0 Å². The van der Waals surface area contributed by atoms with Gasteiger partial charge in [-0.15, -0.1) is 5.10 Å². The number of fused-ring (bicyclic) bond motifs is 1. The number of amides is 1. The van der Waals surface area contributed by atoms with E-state index in [1.54, 1.807) is 24.3 Å². The lowest BCUT2D eigenvalue weighted by Crippen LogP contribution is -2.34. The highest BCUT2D eigenvalue weighted by molar-refractivity contribution is 5.93. The van der Waals surface area contributed by atoms with Crippen LogP contribution in [0.4, 0.5) is 18.9 Å². The Bertz CT molecular complexity index is 1030. The van der Waals surface area contributed by atoms with Gasteiger partial charge in [0.1, 0.15) is 11.6 Å². The van der Waals surface area contributed by atoms with Gasteiger partial charge in [0, 0.05) is 5.69 Å². The molecule has 9 heteroatoms. The Balaban J connectivity index is 1.87. The Morgan fingerprint density at radius 1 is 1.15 bits per heavy atom. The van der Waals surface area contributed by atoms with Gasteiger partial charge in [-0.2, -0.15) is 17.9 Å². The number of hydrogen-bond donors (Lipinski definition) is 1.